The lowest BCUT2D eigenvalue weighted by Gasteiger charge is -2.27. The van der Waals surface area contributed by atoms with Crippen molar-refractivity contribution in [2.75, 3.05) is 47.5 Å². The maximum atomic E-state index is 11.9. The Kier molecular flexibility index (Phi) is 55.3. The summed E-state index contributed by atoms with van der Waals surface area (Å²) in [6.07, 6.45) is 16.5. The molecule has 0 saturated carbocycles. The molecule has 0 bridgehead atoms. The molecule has 2 atom stereocenters. The van der Waals surface area contributed by atoms with Crippen LogP contribution in [0.15, 0.2) is 139 Å². The largest absolute Gasteiger partial charge is 0.491 e. The molecule has 0 fully saturated rings. The lowest BCUT2D eigenvalue weighted by Crippen LogP contribution is -2.43. The summed E-state index contributed by atoms with van der Waals surface area (Å²) in [5.74, 6) is 4.88. The smallest absolute Gasteiger partial charge is 0.249 e. The van der Waals surface area contributed by atoms with Crippen molar-refractivity contribution >= 4 is 17.1 Å². The van der Waals surface area contributed by atoms with Gasteiger partial charge in [0.15, 0.2) is 0 Å². The zero-order valence-electron chi connectivity index (χ0n) is 87.3. The number of hydrogen-bond donors (Lipinski definition) is 0. The van der Waals surface area contributed by atoms with Crippen LogP contribution in [0.1, 0.15) is 362 Å². The van der Waals surface area contributed by atoms with E-state index in [4.69, 9.17) is 4.74 Å². The van der Waals surface area contributed by atoms with Crippen LogP contribution in [0.4, 0.5) is 17.1 Å². The zero-order valence-corrected chi connectivity index (χ0v) is 87.3. The summed E-state index contributed by atoms with van der Waals surface area (Å²) >= 11 is 0. The molecule has 15 rings (SSSR count). The van der Waals surface area contributed by atoms with Crippen molar-refractivity contribution in [2.45, 2.75) is 370 Å². The summed E-state index contributed by atoms with van der Waals surface area (Å²) in [5.41, 5.74) is 22.7. The van der Waals surface area contributed by atoms with Gasteiger partial charge in [0, 0.05) is 77.2 Å². The number of ether oxygens (including phenoxy) is 1. The molecule has 0 spiro atoms. The molecule has 0 saturated heterocycles. The van der Waals surface area contributed by atoms with Gasteiger partial charge in [0.05, 0.1) is 23.6 Å². The van der Waals surface area contributed by atoms with Gasteiger partial charge >= 0.3 is 0 Å². The van der Waals surface area contributed by atoms with E-state index in [1.165, 1.54) is 78.7 Å². The van der Waals surface area contributed by atoms with E-state index in [0.717, 1.165) is 145 Å². The topological polar surface area (TPSA) is 190 Å². The second-order valence-electron chi connectivity index (χ2n) is 34.1. The average Bonchev–Trinajstić information content (AvgIpc) is 1.72. The van der Waals surface area contributed by atoms with Gasteiger partial charge in [0.25, 0.3) is 0 Å². The Bertz CT molecular complexity index is 5210. The van der Waals surface area contributed by atoms with E-state index in [0.29, 0.717) is 106 Å². The Balaban J connectivity index is 0.000000767. The SMILES string of the molecule is CC.CC.CC.CC.CC.CC.CC.CC.CC.CC.Cc1c(CC2CCCc3ccc(CC(C)C)cc32)c(=O)c1=O.Cc1c(CC2CCc3ccc(CC(C)C)cc32)c(=O)c1=O.Cc1c(N2CCCc3ccc(CC(C)C)cc3C2)c(=O)c1=O.Cc1c(N2CCOc3ccc(CC(C)C)cc3C2)c(=O)c1=O.Cc1c(N2CCc3ccc(CC(C)C)cc3CC2)c(=O)c1=O. The Morgan fingerprint density at radius 2 is 0.581 bits per heavy atom. The molecule has 0 amide bonds. The Labute approximate surface area is 780 Å². The van der Waals surface area contributed by atoms with Gasteiger partial charge in [-0.05, 0) is 257 Å². The molecule has 2 aliphatic carbocycles. The van der Waals surface area contributed by atoms with Gasteiger partial charge in [-0.25, -0.2) is 0 Å². The van der Waals surface area contributed by atoms with E-state index in [1.54, 1.807) is 34.6 Å². The first-order valence-corrected chi connectivity index (χ1v) is 50.3. The summed E-state index contributed by atoms with van der Waals surface area (Å²) < 4.78 is 5.79. The molecule has 0 aromatic heterocycles. The zero-order chi connectivity index (χ0) is 98.6. The van der Waals surface area contributed by atoms with Gasteiger partial charge in [0.1, 0.15) is 12.4 Å². The first-order valence-electron chi connectivity index (χ1n) is 50.3. The van der Waals surface area contributed by atoms with Crippen LogP contribution in [0.5, 0.6) is 5.75 Å². The molecule has 0 N–H and O–H groups in total. The molecule has 14 nitrogen and oxygen atoms in total. The monoisotopic (exact) mass is 1770 g/mol. The van der Waals surface area contributed by atoms with Gasteiger partial charge in [-0.1, -0.05) is 293 Å². The highest BCUT2D eigenvalue weighted by molar-refractivity contribution is 5.61. The van der Waals surface area contributed by atoms with Crippen LogP contribution in [-0.4, -0.2) is 32.8 Å². The van der Waals surface area contributed by atoms with Gasteiger partial charge in [-0.2, -0.15) is 0 Å². The summed E-state index contributed by atoms with van der Waals surface area (Å²) in [6, 6.07) is 33.5. The maximum absolute atomic E-state index is 11.9. The minimum atomic E-state index is -0.362. The van der Waals surface area contributed by atoms with Crippen molar-refractivity contribution in [1.82, 2.24) is 0 Å². The highest BCUT2D eigenvalue weighted by Gasteiger charge is 2.32. The molecule has 5 aliphatic rings. The van der Waals surface area contributed by atoms with Crippen LogP contribution in [0.3, 0.4) is 0 Å². The highest BCUT2D eigenvalue weighted by Crippen LogP contribution is 2.39. The molecule has 3 aliphatic heterocycles. The van der Waals surface area contributed by atoms with E-state index in [2.05, 4.69) is 164 Å². The van der Waals surface area contributed by atoms with Gasteiger partial charge in [-0.15, -0.1) is 0 Å². The van der Waals surface area contributed by atoms with Gasteiger partial charge in [-0.3, -0.25) is 47.9 Å². The first-order chi connectivity index (χ1) is 61.8. The summed E-state index contributed by atoms with van der Waals surface area (Å²) in [4.78, 5) is 122. The molecule has 10 aromatic rings. The van der Waals surface area contributed by atoms with Crippen LogP contribution in [-0.2, 0) is 90.1 Å². The lowest BCUT2D eigenvalue weighted by molar-refractivity contribution is 0.331. The van der Waals surface area contributed by atoms with Crippen LogP contribution in [0.2, 0.25) is 0 Å². The first kappa shape index (κ1) is 118. The van der Waals surface area contributed by atoms with E-state index in [1.807, 2.05) is 149 Å². The average molecular weight is 1770 g/mol. The second kappa shape index (κ2) is 60.6. The van der Waals surface area contributed by atoms with Crippen LogP contribution < -0.4 is 73.7 Å². The molecule has 2 unspecified atom stereocenters. The van der Waals surface area contributed by atoms with E-state index < -0.39 is 0 Å². The number of nitrogens with zero attached hydrogens (tertiary/aromatic N) is 3. The standard InChI is InChI=1S/C20H24O2.2C19H23NO2.C19H22O2.C18H21NO3.10C2H6/c1-12(2)9-14-7-8-15-5-4-6-16(18(15)10-14)11-17-13(3)19(21)20(17)22;1-12(2)10-14-4-5-15-6-8-20(9-7-16(15)11-14)17-13(3)18(21)19(17)22;1-12(2)9-14-6-7-15-5-4-8-20(11-16(15)10-14)17-13(3)18(21)19(17)22;1-11(2)8-13-4-5-14-6-7-15(17(14)9-13)10-16-12(3)18(20)19(16)21;1-11(2)8-13-4-5-15-14(9-13)10-19(6-7-22-15)16-12(3)17(20)18(16)21;10*1-2/h7-8,10,12,16H,4-6,9,11H2,1-3H3;4-5,11-12H,6-10H2,1-3H3;6-7,10,12H,4-5,8-9,11H2,1-3H3;4-5,9,11,15H,6-8,10H2,1-3H3;4-5,9,11H,6-8,10H2,1-3H3;10*1-2H3. The molecule has 3 heterocycles. The van der Waals surface area contributed by atoms with Crippen molar-refractivity contribution in [3.05, 3.63) is 310 Å². The molecule has 14 heteroatoms. The summed E-state index contributed by atoms with van der Waals surface area (Å²) in [7, 11) is 0. The number of aryl methyl sites for hydroxylation is 3. The molecule has 0 radical (unpaired) electrons. The van der Waals surface area contributed by atoms with E-state index in [9.17, 15) is 47.9 Å². The Morgan fingerprint density at radius 1 is 0.279 bits per heavy atom. The molecule has 129 heavy (non-hydrogen) atoms. The minimum absolute atomic E-state index is 0.247. The summed E-state index contributed by atoms with van der Waals surface area (Å²) in [5, 5.41) is 0. The second-order valence-corrected chi connectivity index (χ2v) is 34.1. The fourth-order valence-electron chi connectivity index (χ4n) is 17.5. The van der Waals surface area contributed by atoms with Crippen molar-refractivity contribution in [1.29, 1.82) is 0 Å². The number of rotatable bonds is 17. The number of benzene rings is 5. The van der Waals surface area contributed by atoms with Crippen LogP contribution >= 0.6 is 0 Å². The van der Waals surface area contributed by atoms with Crippen molar-refractivity contribution in [2.24, 2.45) is 29.6 Å². The Morgan fingerprint density at radius 3 is 0.969 bits per heavy atom. The Hall–Kier alpha value is -9.30. The molecule has 10 aromatic carbocycles. The predicted octanol–water partition coefficient (Wildman–Crippen LogP) is 24.1. The predicted molar refractivity (Wildman–Crippen MR) is 559 cm³/mol. The van der Waals surface area contributed by atoms with Gasteiger partial charge in [0.2, 0.25) is 54.3 Å². The van der Waals surface area contributed by atoms with E-state index in [-0.39, 0.29) is 54.3 Å². The molecular weight excluding hydrogens is 1600 g/mol. The van der Waals surface area contributed by atoms with Crippen LogP contribution in [0.25, 0.3) is 0 Å². The quantitative estimate of drug-likeness (QED) is 0.0783. The van der Waals surface area contributed by atoms with Gasteiger partial charge < -0.3 is 19.4 Å². The maximum Gasteiger partial charge on any atom is 0.249 e. The van der Waals surface area contributed by atoms with Crippen LogP contribution in [0, 0.1) is 64.2 Å². The summed E-state index contributed by atoms with van der Waals surface area (Å²) in [6.45, 7) is 76.1. The van der Waals surface area contributed by atoms with Crippen molar-refractivity contribution in [3.8, 4) is 5.75 Å². The third-order valence-electron chi connectivity index (χ3n) is 23.2. The third-order valence-corrected chi connectivity index (χ3v) is 23.2. The third kappa shape index (κ3) is 32.0. The molecular formula is C115H173N3O11. The number of hydrogen-bond acceptors (Lipinski definition) is 14. The number of anilines is 3. The lowest BCUT2D eigenvalue weighted by atomic mass is 9.77. The highest BCUT2D eigenvalue weighted by atomic mass is 16.5. The minimum Gasteiger partial charge on any atom is -0.491 e. The fourth-order valence-corrected chi connectivity index (χ4v) is 17.5. The van der Waals surface area contributed by atoms with Crippen molar-refractivity contribution < 1.29 is 4.74 Å². The number of fused-ring (bicyclic) bond motifs is 5. The van der Waals surface area contributed by atoms with Crippen molar-refractivity contribution in [3.63, 3.8) is 0 Å². The normalized spacial score (nSPS) is 14.1. The van der Waals surface area contributed by atoms with E-state index >= 15 is 0 Å². The molecule has 714 valence electrons. The fraction of sp³-hybridized carbons (Fsp3) is 0.565.